The molecule has 0 atom stereocenters. The summed E-state index contributed by atoms with van der Waals surface area (Å²) in [4.78, 5) is 2.27. The van der Waals surface area contributed by atoms with Crippen LogP contribution < -0.4 is 9.47 Å². The zero-order valence-electron chi connectivity index (χ0n) is 18.3. The SMILES string of the molecule is CCN(CC)CC#Cc1ccc2c(c1)OCCOCCOCCOCCOCCO2. The van der Waals surface area contributed by atoms with Gasteiger partial charge >= 0.3 is 0 Å². The number of ether oxygens (including phenoxy) is 6. The van der Waals surface area contributed by atoms with Crippen LogP contribution in [0.3, 0.4) is 0 Å². The molecule has 0 fully saturated rings. The van der Waals surface area contributed by atoms with Crippen molar-refractivity contribution in [2.45, 2.75) is 13.8 Å². The van der Waals surface area contributed by atoms with Gasteiger partial charge in [-0.25, -0.2) is 0 Å². The van der Waals surface area contributed by atoms with Crippen LogP contribution in [0.4, 0.5) is 0 Å². The van der Waals surface area contributed by atoms with Crippen LogP contribution in [0.1, 0.15) is 19.4 Å². The van der Waals surface area contributed by atoms with Crippen molar-refractivity contribution in [3.8, 4) is 23.3 Å². The maximum Gasteiger partial charge on any atom is 0.162 e. The number of nitrogens with zero attached hydrogens (tertiary/aromatic N) is 1. The van der Waals surface area contributed by atoms with Crippen molar-refractivity contribution in [3.63, 3.8) is 0 Å². The Morgan fingerprint density at radius 1 is 0.700 bits per heavy atom. The molecule has 0 N–H and O–H groups in total. The van der Waals surface area contributed by atoms with Crippen LogP contribution in [0, 0.1) is 11.8 Å². The van der Waals surface area contributed by atoms with Gasteiger partial charge < -0.3 is 28.4 Å². The molecule has 0 aromatic heterocycles. The lowest BCUT2D eigenvalue weighted by Gasteiger charge is -2.14. The second-order valence-electron chi connectivity index (χ2n) is 6.57. The molecule has 0 aliphatic carbocycles. The molecular formula is C23H35NO6. The first-order chi connectivity index (χ1) is 14.8. The Hall–Kier alpha value is -1.82. The molecule has 30 heavy (non-hydrogen) atoms. The summed E-state index contributed by atoms with van der Waals surface area (Å²) in [6, 6.07) is 5.76. The Kier molecular flexibility index (Phi) is 13.0. The molecule has 1 aliphatic heterocycles. The van der Waals surface area contributed by atoms with Gasteiger partial charge in [-0.1, -0.05) is 25.7 Å². The van der Waals surface area contributed by atoms with Crippen LogP contribution in [0.2, 0.25) is 0 Å². The molecule has 0 radical (unpaired) electrons. The fourth-order valence-electron chi connectivity index (χ4n) is 2.70. The average molecular weight is 422 g/mol. The third-order valence-electron chi connectivity index (χ3n) is 4.46. The van der Waals surface area contributed by atoms with Crippen molar-refractivity contribution in [3.05, 3.63) is 23.8 Å². The minimum absolute atomic E-state index is 0.423. The second-order valence-corrected chi connectivity index (χ2v) is 6.57. The zero-order chi connectivity index (χ0) is 21.3. The van der Waals surface area contributed by atoms with Crippen molar-refractivity contribution >= 4 is 0 Å². The molecule has 2 rings (SSSR count). The Morgan fingerprint density at radius 3 is 1.73 bits per heavy atom. The summed E-state index contributed by atoms with van der Waals surface area (Å²) in [6.07, 6.45) is 0. The molecular weight excluding hydrogens is 386 g/mol. The molecule has 168 valence electrons. The van der Waals surface area contributed by atoms with Gasteiger partial charge in [0.05, 0.1) is 59.4 Å². The van der Waals surface area contributed by atoms with E-state index in [0.29, 0.717) is 77.6 Å². The summed E-state index contributed by atoms with van der Waals surface area (Å²) in [7, 11) is 0. The van der Waals surface area contributed by atoms with E-state index in [0.717, 1.165) is 25.2 Å². The summed E-state index contributed by atoms with van der Waals surface area (Å²) in [5, 5.41) is 0. The largest absolute Gasteiger partial charge is 0.487 e. The van der Waals surface area contributed by atoms with Gasteiger partial charge in [0, 0.05) is 5.56 Å². The second kappa shape index (κ2) is 15.9. The molecule has 1 aromatic carbocycles. The first-order valence-corrected chi connectivity index (χ1v) is 10.7. The van der Waals surface area contributed by atoms with Gasteiger partial charge in [0.1, 0.15) is 13.2 Å². The highest BCUT2D eigenvalue weighted by atomic mass is 16.6. The summed E-state index contributed by atoms with van der Waals surface area (Å²) in [5.74, 6) is 7.78. The molecule has 1 aromatic rings. The Bertz CT molecular complexity index is 638. The minimum Gasteiger partial charge on any atom is -0.487 e. The highest BCUT2D eigenvalue weighted by Crippen LogP contribution is 2.28. The van der Waals surface area contributed by atoms with Crippen LogP contribution >= 0.6 is 0 Å². The van der Waals surface area contributed by atoms with Gasteiger partial charge in [0.25, 0.3) is 0 Å². The summed E-state index contributed by atoms with van der Waals surface area (Å²) in [5.41, 5.74) is 0.898. The molecule has 0 spiro atoms. The lowest BCUT2D eigenvalue weighted by atomic mass is 10.2. The predicted molar refractivity (Wildman–Crippen MR) is 115 cm³/mol. The number of hydrogen-bond acceptors (Lipinski definition) is 7. The zero-order valence-corrected chi connectivity index (χ0v) is 18.3. The summed E-state index contributed by atoms with van der Waals surface area (Å²) >= 11 is 0. The molecule has 7 nitrogen and oxygen atoms in total. The monoisotopic (exact) mass is 421 g/mol. The number of rotatable bonds is 3. The van der Waals surface area contributed by atoms with Gasteiger partial charge in [-0.2, -0.15) is 0 Å². The van der Waals surface area contributed by atoms with Gasteiger partial charge in [-0.05, 0) is 31.3 Å². The van der Waals surface area contributed by atoms with E-state index in [1.165, 1.54) is 0 Å². The first kappa shape index (κ1) is 24.4. The van der Waals surface area contributed by atoms with Crippen molar-refractivity contribution in [2.24, 2.45) is 0 Å². The Morgan fingerprint density at radius 2 is 1.20 bits per heavy atom. The van der Waals surface area contributed by atoms with Gasteiger partial charge in [0.15, 0.2) is 11.5 Å². The van der Waals surface area contributed by atoms with Crippen molar-refractivity contribution < 1.29 is 28.4 Å². The van der Waals surface area contributed by atoms with E-state index >= 15 is 0 Å². The highest BCUT2D eigenvalue weighted by Gasteiger charge is 2.07. The third kappa shape index (κ3) is 10.3. The van der Waals surface area contributed by atoms with Crippen LogP contribution in [-0.4, -0.2) is 90.6 Å². The van der Waals surface area contributed by atoms with Crippen molar-refractivity contribution in [1.29, 1.82) is 0 Å². The molecule has 7 heteroatoms. The van der Waals surface area contributed by atoms with Crippen LogP contribution in [0.25, 0.3) is 0 Å². The quantitative estimate of drug-likeness (QED) is 0.694. The molecule has 1 aliphatic rings. The van der Waals surface area contributed by atoms with Crippen LogP contribution in [-0.2, 0) is 18.9 Å². The van der Waals surface area contributed by atoms with E-state index in [-0.39, 0.29) is 0 Å². The molecule has 0 saturated carbocycles. The van der Waals surface area contributed by atoms with Crippen LogP contribution in [0.15, 0.2) is 18.2 Å². The topological polar surface area (TPSA) is 58.6 Å². The van der Waals surface area contributed by atoms with E-state index in [2.05, 4.69) is 30.6 Å². The summed E-state index contributed by atoms with van der Waals surface area (Å²) < 4.78 is 33.8. The van der Waals surface area contributed by atoms with Crippen molar-refractivity contribution in [2.75, 3.05) is 85.7 Å². The smallest absolute Gasteiger partial charge is 0.162 e. The van der Waals surface area contributed by atoms with E-state index in [1.54, 1.807) is 0 Å². The number of hydrogen-bond donors (Lipinski definition) is 0. The van der Waals surface area contributed by atoms with E-state index in [9.17, 15) is 0 Å². The fraction of sp³-hybridized carbons (Fsp3) is 0.652. The lowest BCUT2D eigenvalue weighted by Crippen LogP contribution is -2.22. The van der Waals surface area contributed by atoms with E-state index in [4.69, 9.17) is 28.4 Å². The van der Waals surface area contributed by atoms with Crippen molar-refractivity contribution in [1.82, 2.24) is 4.90 Å². The Labute approximate surface area is 180 Å². The molecule has 0 saturated heterocycles. The fourth-order valence-corrected chi connectivity index (χ4v) is 2.70. The van der Waals surface area contributed by atoms with E-state index in [1.807, 2.05) is 18.2 Å². The van der Waals surface area contributed by atoms with Gasteiger partial charge in [-0.3, -0.25) is 4.90 Å². The molecule has 0 amide bonds. The lowest BCUT2D eigenvalue weighted by molar-refractivity contribution is -0.00841. The molecule has 0 unspecified atom stereocenters. The highest BCUT2D eigenvalue weighted by molar-refractivity contribution is 5.48. The number of fused-ring (bicyclic) bond motifs is 1. The normalized spacial score (nSPS) is 17.4. The standard InChI is InChI=1S/C23H35NO6/c1-3-24(4-2)9-5-6-21-7-8-22-23(20-21)30-19-17-28-15-13-26-11-10-25-12-14-27-16-18-29-22/h7-8,20H,3-4,9-19H2,1-2H3. The molecule has 0 bridgehead atoms. The molecule has 1 heterocycles. The predicted octanol–water partition coefficient (Wildman–Crippen LogP) is 2.22. The summed E-state index contributed by atoms with van der Waals surface area (Å²) in [6.45, 7) is 12.0. The average Bonchev–Trinajstić information content (AvgIpc) is 2.77. The minimum atomic E-state index is 0.423. The van der Waals surface area contributed by atoms with Gasteiger partial charge in [0.2, 0.25) is 0 Å². The first-order valence-electron chi connectivity index (χ1n) is 10.7. The van der Waals surface area contributed by atoms with Crippen LogP contribution in [0.5, 0.6) is 11.5 Å². The van der Waals surface area contributed by atoms with E-state index < -0.39 is 0 Å². The number of benzene rings is 1. The maximum atomic E-state index is 5.91. The Balaban J connectivity index is 1.97. The van der Waals surface area contributed by atoms with Gasteiger partial charge in [-0.15, -0.1) is 0 Å². The maximum absolute atomic E-state index is 5.91. The third-order valence-corrected chi connectivity index (χ3v) is 4.46.